The molecule has 1 aliphatic rings. The Kier molecular flexibility index (Phi) is 9.34. The summed E-state index contributed by atoms with van der Waals surface area (Å²) in [4.78, 5) is 48.3. The van der Waals surface area contributed by atoms with Gasteiger partial charge in [0.25, 0.3) is 0 Å². The minimum Gasteiger partial charge on any atom is -0.453 e. The summed E-state index contributed by atoms with van der Waals surface area (Å²) in [6.45, 7) is 1.59. The maximum atomic E-state index is 12.9. The molecule has 0 spiro atoms. The van der Waals surface area contributed by atoms with Crippen LogP contribution in [-0.4, -0.2) is 69.1 Å². The van der Waals surface area contributed by atoms with Crippen molar-refractivity contribution in [1.29, 1.82) is 0 Å². The van der Waals surface area contributed by atoms with E-state index >= 15 is 0 Å². The molecule has 1 fully saturated rings. The number of rotatable bonds is 11. The standard InChI is InChI=1S/C38H40N8O3/c1-46-18-8-11-33(46)36-43-29-16-15-26(21-31(29)44-36)25-13-14-27-19-28(22-40-30(27)20-25)32-23-41-34(42-32)12-6-7-17-39-37(47)35(45-38(48)49-2)24-9-4-3-5-10-24/h3-5,9-10,13-16,19-23,33,35H,6-8,11-12,17-18H2,1-2H3,(H,39,47)(H,41,42)(H,43,44)(H,45,48). The summed E-state index contributed by atoms with van der Waals surface area (Å²) in [5.74, 6) is 1.64. The van der Waals surface area contributed by atoms with E-state index < -0.39 is 12.1 Å². The van der Waals surface area contributed by atoms with E-state index in [1.165, 1.54) is 13.5 Å². The average molecular weight is 657 g/mol. The number of H-pyrrole nitrogens is 2. The lowest BCUT2D eigenvalue weighted by Crippen LogP contribution is -2.40. The number of aromatic amines is 2. The minimum absolute atomic E-state index is 0.284. The second-order valence-electron chi connectivity index (χ2n) is 12.6. The fourth-order valence-corrected chi connectivity index (χ4v) is 6.56. The van der Waals surface area contributed by atoms with Crippen LogP contribution in [0.15, 0.2) is 85.2 Å². The highest BCUT2D eigenvalue weighted by molar-refractivity contribution is 5.89. The second kappa shape index (κ2) is 14.3. The number of alkyl carbamates (subject to hydrolysis) is 1. The molecule has 0 bridgehead atoms. The number of nitrogens with zero attached hydrogens (tertiary/aromatic N) is 4. The number of likely N-dealkylation sites (tertiary alicyclic amines) is 1. The first-order chi connectivity index (χ1) is 23.9. The van der Waals surface area contributed by atoms with E-state index in [0.717, 1.165) is 88.2 Å². The van der Waals surface area contributed by atoms with Crippen LogP contribution in [0.1, 0.15) is 55.0 Å². The highest BCUT2D eigenvalue weighted by Gasteiger charge is 2.25. The largest absolute Gasteiger partial charge is 0.453 e. The third-order valence-corrected chi connectivity index (χ3v) is 9.28. The molecule has 0 radical (unpaired) electrons. The zero-order valence-corrected chi connectivity index (χ0v) is 27.7. The molecule has 11 nitrogen and oxygen atoms in total. The van der Waals surface area contributed by atoms with Gasteiger partial charge in [0, 0.05) is 30.1 Å². The van der Waals surface area contributed by atoms with Crippen molar-refractivity contribution < 1.29 is 14.3 Å². The van der Waals surface area contributed by atoms with Crippen molar-refractivity contribution in [2.45, 2.75) is 44.2 Å². The van der Waals surface area contributed by atoms with Crippen molar-refractivity contribution in [2.75, 3.05) is 27.2 Å². The van der Waals surface area contributed by atoms with Gasteiger partial charge in [-0.05, 0) is 80.2 Å². The molecule has 2 amide bonds. The number of ether oxygens (including phenoxy) is 1. The van der Waals surface area contributed by atoms with Crippen molar-refractivity contribution in [1.82, 2.24) is 40.5 Å². The van der Waals surface area contributed by atoms with E-state index in [9.17, 15) is 9.59 Å². The summed E-state index contributed by atoms with van der Waals surface area (Å²) in [6, 6.07) is 23.6. The molecular formula is C38H40N8O3. The number of aromatic nitrogens is 5. The SMILES string of the molecule is COC(=O)NC(C(=O)NCCCCc1ncc(-c2cnc3cc(-c4ccc5nc(C6CCCN6C)[nH]c5c4)ccc3c2)[nH]1)c1ccccc1. The van der Waals surface area contributed by atoms with Gasteiger partial charge in [0.15, 0.2) is 0 Å². The molecule has 11 heteroatoms. The van der Waals surface area contributed by atoms with E-state index in [0.29, 0.717) is 18.2 Å². The monoisotopic (exact) mass is 656 g/mol. The molecule has 7 rings (SSSR count). The minimum atomic E-state index is -0.827. The molecule has 4 heterocycles. The van der Waals surface area contributed by atoms with Gasteiger partial charge in [-0.25, -0.2) is 14.8 Å². The number of benzene rings is 3. The fraction of sp³-hybridized carbons (Fsp3) is 0.289. The van der Waals surface area contributed by atoms with Gasteiger partial charge in [-0.1, -0.05) is 48.5 Å². The first-order valence-corrected chi connectivity index (χ1v) is 16.8. The molecule has 2 atom stereocenters. The van der Waals surface area contributed by atoms with Gasteiger partial charge >= 0.3 is 6.09 Å². The van der Waals surface area contributed by atoms with Crippen molar-refractivity contribution in [3.05, 3.63) is 102 Å². The van der Waals surface area contributed by atoms with E-state index in [1.807, 2.05) is 30.6 Å². The van der Waals surface area contributed by atoms with Gasteiger partial charge in [0.2, 0.25) is 5.91 Å². The number of hydrogen-bond acceptors (Lipinski definition) is 7. The molecule has 1 aliphatic heterocycles. The Hall–Kier alpha value is -5.55. The topological polar surface area (TPSA) is 141 Å². The van der Waals surface area contributed by atoms with Crippen molar-refractivity contribution in [3.63, 3.8) is 0 Å². The Morgan fingerprint density at radius 1 is 0.939 bits per heavy atom. The normalized spacial score (nSPS) is 15.4. The van der Waals surface area contributed by atoms with Crippen molar-refractivity contribution in [2.24, 2.45) is 0 Å². The third-order valence-electron chi connectivity index (χ3n) is 9.28. The predicted molar refractivity (Wildman–Crippen MR) is 190 cm³/mol. The van der Waals surface area contributed by atoms with E-state index in [1.54, 1.807) is 12.1 Å². The number of unbranched alkanes of at least 4 members (excludes halogenated alkanes) is 1. The Morgan fingerprint density at radius 2 is 1.78 bits per heavy atom. The quantitative estimate of drug-likeness (QED) is 0.117. The average Bonchev–Trinajstić information content (AvgIpc) is 3.89. The molecule has 2 unspecified atom stereocenters. The Labute approximate surface area is 284 Å². The molecule has 250 valence electrons. The van der Waals surface area contributed by atoms with Crippen LogP contribution >= 0.6 is 0 Å². The van der Waals surface area contributed by atoms with E-state index in [2.05, 4.69) is 80.0 Å². The fourth-order valence-electron chi connectivity index (χ4n) is 6.56. The zero-order valence-electron chi connectivity index (χ0n) is 27.7. The van der Waals surface area contributed by atoms with Crippen LogP contribution < -0.4 is 10.6 Å². The Bertz CT molecular complexity index is 2090. The second-order valence-corrected chi connectivity index (χ2v) is 12.6. The number of pyridine rings is 1. The summed E-state index contributed by atoms with van der Waals surface area (Å²) in [7, 11) is 3.44. The summed E-state index contributed by atoms with van der Waals surface area (Å²) in [5.41, 5.74) is 7.79. The highest BCUT2D eigenvalue weighted by atomic mass is 16.5. The zero-order chi connectivity index (χ0) is 33.7. The molecule has 1 saturated heterocycles. The number of aryl methyl sites for hydroxylation is 1. The molecular weight excluding hydrogens is 616 g/mol. The van der Waals surface area contributed by atoms with Gasteiger partial charge in [-0.2, -0.15) is 0 Å². The lowest BCUT2D eigenvalue weighted by atomic mass is 10.0. The van der Waals surface area contributed by atoms with Crippen molar-refractivity contribution in [3.8, 4) is 22.4 Å². The molecule has 4 N–H and O–H groups in total. The molecule has 49 heavy (non-hydrogen) atoms. The number of methoxy groups -OCH3 is 1. The molecule has 0 saturated carbocycles. The van der Waals surface area contributed by atoms with E-state index in [-0.39, 0.29) is 5.91 Å². The number of imidazole rings is 2. The first-order valence-electron chi connectivity index (χ1n) is 16.8. The smallest absolute Gasteiger partial charge is 0.407 e. The third kappa shape index (κ3) is 7.17. The lowest BCUT2D eigenvalue weighted by molar-refractivity contribution is -0.123. The number of hydrogen-bond donors (Lipinski definition) is 4. The summed E-state index contributed by atoms with van der Waals surface area (Å²) in [5, 5.41) is 6.59. The number of fused-ring (bicyclic) bond motifs is 2. The highest BCUT2D eigenvalue weighted by Crippen LogP contribution is 2.32. The molecule has 3 aromatic carbocycles. The van der Waals surface area contributed by atoms with Gasteiger partial charge in [-0.15, -0.1) is 0 Å². The number of nitrogens with one attached hydrogen (secondary N) is 4. The van der Waals surface area contributed by atoms with Crippen molar-refractivity contribution >= 4 is 33.9 Å². The lowest BCUT2D eigenvalue weighted by Gasteiger charge is -2.18. The van der Waals surface area contributed by atoms with Gasteiger partial charge < -0.3 is 25.3 Å². The summed E-state index contributed by atoms with van der Waals surface area (Å²) < 4.78 is 4.70. The predicted octanol–water partition coefficient (Wildman–Crippen LogP) is 6.47. The molecule has 3 aromatic heterocycles. The summed E-state index contributed by atoms with van der Waals surface area (Å²) >= 11 is 0. The number of carbonyl (C=O) groups excluding carboxylic acids is 2. The number of amides is 2. The van der Waals surface area contributed by atoms with Crippen LogP contribution in [0.3, 0.4) is 0 Å². The van der Waals surface area contributed by atoms with E-state index in [4.69, 9.17) is 14.7 Å². The van der Waals surface area contributed by atoms with Gasteiger partial charge in [0.05, 0.1) is 41.6 Å². The van der Waals surface area contributed by atoms with Crippen LogP contribution in [0.4, 0.5) is 4.79 Å². The Balaban J connectivity index is 0.947. The van der Waals surface area contributed by atoms with Crippen LogP contribution in [0.25, 0.3) is 44.3 Å². The maximum absolute atomic E-state index is 12.9. The van der Waals surface area contributed by atoms with Gasteiger partial charge in [-0.3, -0.25) is 14.7 Å². The molecule has 0 aliphatic carbocycles. The maximum Gasteiger partial charge on any atom is 0.407 e. The van der Waals surface area contributed by atoms with Crippen LogP contribution in [-0.2, 0) is 16.0 Å². The van der Waals surface area contributed by atoms with Crippen LogP contribution in [0, 0.1) is 0 Å². The van der Waals surface area contributed by atoms with Crippen LogP contribution in [0.2, 0.25) is 0 Å². The van der Waals surface area contributed by atoms with Gasteiger partial charge in [0.1, 0.15) is 17.7 Å². The summed E-state index contributed by atoms with van der Waals surface area (Å²) in [6.07, 6.45) is 7.73. The first kappa shape index (κ1) is 32.0. The Morgan fingerprint density at radius 3 is 2.59 bits per heavy atom. The molecule has 6 aromatic rings. The number of carbonyl (C=O) groups is 2. The van der Waals surface area contributed by atoms with Crippen LogP contribution in [0.5, 0.6) is 0 Å².